The maximum Gasteiger partial charge on any atom is 0.338 e. The average Bonchev–Trinajstić information content (AvgIpc) is 3.48. The van der Waals surface area contributed by atoms with Gasteiger partial charge in [0, 0.05) is 23.1 Å². The van der Waals surface area contributed by atoms with Crippen LogP contribution in [0, 0.1) is 20.9 Å². The molecule has 0 aliphatic heterocycles. The number of hydrogen-bond donors (Lipinski definition) is 2. The zero-order chi connectivity index (χ0) is 22.1. The highest BCUT2D eigenvalue weighted by molar-refractivity contribution is 6.09. The Balaban J connectivity index is 1.57. The highest BCUT2D eigenvalue weighted by Gasteiger charge is 2.66. The molecule has 0 saturated heterocycles. The van der Waals surface area contributed by atoms with E-state index in [1.54, 1.807) is 13.0 Å². The fourth-order valence-electron chi connectivity index (χ4n) is 4.79. The predicted molar refractivity (Wildman–Crippen MR) is 106 cm³/mol. The van der Waals surface area contributed by atoms with Crippen molar-refractivity contribution in [2.24, 2.45) is 10.8 Å². The standard InChI is InChI=1S/C22H23NO7/c1-12-16-15(17(24)21(3,27)22(12)8-9-22)10-20(2,18(16)25)11-30-19(26)13-4-6-14(7-5-13)23(28)29/h4-7,10,18,25,27H,8-9,11H2,1-3H3/t18?,20-,21?/m0/s1. The molecule has 8 heteroatoms. The van der Waals surface area contributed by atoms with E-state index in [1.165, 1.54) is 31.2 Å². The summed E-state index contributed by atoms with van der Waals surface area (Å²) >= 11 is 0. The summed E-state index contributed by atoms with van der Waals surface area (Å²) in [5, 5.41) is 32.7. The van der Waals surface area contributed by atoms with Crippen LogP contribution in [0.5, 0.6) is 0 Å². The van der Waals surface area contributed by atoms with Crippen LogP contribution >= 0.6 is 0 Å². The van der Waals surface area contributed by atoms with Crippen LogP contribution in [-0.2, 0) is 9.53 Å². The number of aliphatic hydroxyl groups is 2. The molecule has 4 rings (SSSR count). The number of aliphatic hydroxyl groups excluding tert-OH is 1. The smallest absolute Gasteiger partial charge is 0.338 e. The van der Waals surface area contributed by atoms with Gasteiger partial charge in [0.2, 0.25) is 0 Å². The summed E-state index contributed by atoms with van der Waals surface area (Å²) in [5.41, 5.74) is -1.54. The molecule has 3 aliphatic carbocycles. The van der Waals surface area contributed by atoms with E-state index in [0.717, 1.165) is 5.57 Å². The second-order valence-electron chi connectivity index (χ2n) is 8.87. The second kappa shape index (κ2) is 6.33. The van der Waals surface area contributed by atoms with Gasteiger partial charge < -0.3 is 14.9 Å². The zero-order valence-corrected chi connectivity index (χ0v) is 17.0. The van der Waals surface area contributed by atoms with Crippen LogP contribution in [0.1, 0.15) is 44.0 Å². The molecule has 0 amide bonds. The van der Waals surface area contributed by atoms with Crippen molar-refractivity contribution in [1.82, 2.24) is 0 Å². The van der Waals surface area contributed by atoms with Crippen molar-refractivity contribution in [3.63, 3.8) is 0 Å². The number of Topliss-reactive ketones (excluding diaryl/α,β-unsaturated/α-hetero) is 1. The Morgan fingerprint density at radius 2 is 1.87 bits per heavy atom. The molecule has 1 fully saturated rings. The first-order valence-electron chi connectivity index (χ1n) is 9.76. The molecule has 158 valence electrons. The highest BCUT2D eigenvalue weighted by atomic mass is 16.6. The van der Waals surface area contributed by atoms with Gasteiger partial charge in [-0.1, -0.05) is 11.6 Å². The largest absolute Gasteiger partial charge is 0.461 e. The first kappa shape index (κ1) is 20.4. The number of carbonyl (C=O) groups is 2. The van der Waals surface area contributed by atoms with E-state index in [1.807, 2.05) is 6.92 Å². The number of nitrogens with zero attached hydrogens (tertiary/aromatic N) is 1. The summed E-state index contributed by atoms with van der Waals surface area (Å²) in [4.78, 5) is 35.5. The van der Waals surface area contributed by atoms with Gasteiger partial charge in [-0.3, -0.25) is 14.9 Å². The molecule has 1 spiro atoms. The number of non-ortho nitro benzene ring substituents is 1. The monoisotopic (exact) mass is 413 g/mol. The highest BCUT2D eigenvalue weighted by Crippen LogP contribution is 2.65. The molecule has 30 heavy (non-hydrogen) atoms. The Hall–Kier alpha value is -2.84. The van der Waals surface area contributed by atoms with Gasteiger partial charge in [-0.15, -0.1) is 0 Å². The molecule has 1 aromatic rings. The normalized spacial score (nSPS) is 31.4. The van der Waals surface area contributed by atoms with Crippen molar-refractivity contribution >= 4 is 17.4 Å². The van der Waals surface area contributed by atoms with Gasteiger partial charge in [0.05, 0.1) is 22.0 Å². The van der Waals surface area contributed by atoms with Crippen molar-refractivity contribution in [1.29, 1.82) is 0 Å². The molecule has 1 aromatic carbocycles. The molecule has 0 radical (unpaired) electrons. The Morgan fingerprint density at radius 3 is 2.40 bits per heavy atom. The number of ketones is 1. The molecule has 3 aliphatic rings. The van der Waals surface area contributed by atoms with Crippen LogP contribution in [0.15, 0.2) is 47.1 Å². The Labute approximate surface area is 173 Å². The minimum absolute atomic E-state index is 0.138. The van der Waals surface area contributed by atoms with Gasteiger partial charge >= 0.3 is 5.97 Å². The summed E-state index contributed by atoms with van der Waals surface area (Å²) in [6, 6.07) is 5.03. The van der Waals surface area contributed by atoms with Crippen LogP contribution < -0.4 is 0 Å². The van der Waals surface area contributed by atoms with Gasteiger partial charge in [-0.2, -0.15) is 0 Å². The predicted octanol–water partition coefficient (Wildman–Crippen LogP) is 2.49. The van der Waals surface area contributed by atoms with Gasteiger partial charge in [-0.05, 0) is 51.3 Å². The molecule has 1 saturated carbocycles. The summed E-state index contributed by atoms with van der Waals surface area (Å²) in [5.74, 6) is -1.10. The third kappa shape index (κ3) is 2.67. The van der Waals surface area contributed by atoms with E-state index in [0.29, 0.717) is 18.4 Å². The lowest BCUT2D eigenvalue weighted by Crippen LogP contribution is -2.50. The number of ether oxygens (including phenoxy) is 1. The van der Waals surface area contributed by atoms with Crippen LogP contribution in [0.3, 0.4) is 0 Å². The number of nitro groups is 1. The van der Waals surface area contributed by atoms with Gasteiger partial charge in [0.1, 0.15) is 12.2 Å². The Bertz CT molecular complexity index is 1030. The van der Waals surface area contributed by atoms with Crippen molar-refractivity contribution in [2.75, 3.05) is 6.61 Å². The molecule has 2 unspecified atom stereocenters. The van der Waals surface area contributed by atoms with E-state index < -0.39 is 39.2 Å². The molecular formula is C22H23NO7. The quantitative estimate of drug-likeness (QED) is 0.441. The average molecular weight is 413 g/mol. The SMILES string of the molecule is CC1=C2C(=C[C@@](C)(COC(=O)c3ccc([N+](=O)[O-])cc3)C2O)C(=O)C(C)(O)C12CC2. The molecule has 2 N–H and O–H groups in total. The molecular weight excluding hydrogens is 390 g/mol. The molecule has 0 bridgehead atoms. The van der Waals surface area contributed by atoms with Crippen molar-refractivity contribution < 1.29 is 29.5 Å². The number of hydrogen-bond acceptors (Lipinski definition) is 7. The maximum atomic E-state index is 13.0. The molecule has 3 atom stereocenters. The fourth-order valence-corrected chi connectivity index (χ4v) is 4.79. The van der Waals surface area contributed by atoms with Gasteiger partial charge in [-0.25, -0.2) is 4.79 Å². The minimum atomic E-state index is -1.52. The maximum absolute atomic E-state index is 13.0. The van der Waals surface area contributed by atoms with Gasteiger partial charge in [0.25, 0.3) is 5.69 Å². The first-order chi connectivity index (χ1) is 13.9. The third-order valence-corrected chi connectivity index (χ3v) is 6.98. The van der Waals surface area contributed by atoms with E-state index >= 15 is 0 Å². The number of carbonyl (C=O) groups excluding carboxylic acids is 2. The van der Waals surface area contributed by atoms with Crippen molar-refractivity contribution in [3.05, 3.63) is 62.7 Å². The summed E-state index contributed by atoms with van der Waals surface area (Å²) < 4.78 is 5.37. The number of rotatable bonds is 4. The summed E-state index contributed by atoms with van der Waals surface area (Å²) in [6.07, 6.45) is 1.92. The number of nitro benzene ring substituents is 1. The van der Waals surface area contributed by atoms with E-state index in [9.17, 15) is 29.9 Å². The molecule has 0 heterocycles. The lowest BCUT2D eigenvalue weighted by atomic mass is 9.67. The topological polar surface area (TPSA) is 127 Å². The minimum Gasteiger partial charge on any atom is -0.461 e. The Morgan fingerprint density at radius 1 is 1.27 bits per heavy atom. The zero-order valence-electron chi connectivity index (χ0n) is 17.0. The first-order valence-corrected chi connectivity index (χ1v) is 9.76. The fraction of sp³-hybridized carbons (Fsp3) is 0.455. The second-order valence-corrected chi connectivity index (χ2v) is 8.87. The van der Waals surface area contributed by atoms with Crippen LogP contribution in [0.25, 0.3) is 0 Å². The van der Waals surface area contributed by atoms with E-state index in [2.05, 4.69) is 0 Å². The summed E-state index contributed by atoms with van der Waals surface area (Å²) in [6.45, 7) is 4.87. The van der Waals surface area contributed by atoms with Gasteiger partial charge in [0.15, 0.2) is 5.78 Å². The summed E-state index contributed by atoms with van der Waals surface area (Å²) in [7, 11) is 0. The molecule has 8 nitrogen and oxygen atoms in total. The van der Waals surface area contributed by atoms with E-state index in [4.69, 9.17) is 4.74 Å². The van der Waals surface area contributed by atoms with E-state index in [-0.39, 0.29) is 23.4 Å². The van der Waals surface area contributed by atoms with Crippen LogP contribution in [-0.4, -0.2) is 45.2 Å². The Kier molecular flexibility index (Phi) is 4.31. The number of esters is 1. The van der Waals surface area contributed by atoms with Crippen molar-refractivity contribution in [3.8, 4) is 0 Å². The number of benzene rings is 1. The van der Waals surface area contributed by atoms with Crippen LogP contribution in [0.2, 0.25) is 0 Å². The molecule has 0 aromatic heterocycles. The van der Waals surface area contributed by atoms with Crippen molar-refractivity contribution in [2.45, 2.75) is 45.3 Å². The number of fused-ring (bicyclic) bond motifs is 1. The van der Waals surface area contributed by atoms with Crippen LogP contribution in [0.4, 0.5) is 5.69 Å². The lowest BCUT2D eigenvalue weighted by molar-refractivity contribution is -0.384. The third-order valence-electron chi connectivity index (χ3n) is 6.98. The lowest BCUT2D eigenvalue weighted by Gasteiger charge is -2.39.